The number of anilines is 1. The SMILES string of the molecule is CN(C(=O)[C@@H](CC(=O)Cn1[nH]c(=O)c2c1CCCC2)Cc1cc(F)cc(F)c1)c1ccc(Cl)cc1. The van der Waals surface area contributed by atoms with Crippen molar-refractivity contribution in [1.29, 1.82) is 0 Å². The Morgan fingerprint density at radius 1 is 1.09 bits per heavy atom. The van der Waals surface area contributed by atoms with Crippen molar-refractivity contribution in [3.05, 3.63) is 86.3 Å². The van der Waals surface area contributed by atoms with E-state index in [1.807, 2.05) is 0 Å². The number of rotatable bonds is 8. The van der Waals surface area contributed by atoms with Gasteiger partial charge in [-0.15, -0.1) is 0 Å². The highest BCUT2D eigenvalue weighted by molar-refractivity contribution is 6.30. The monoisotopic (exact) mass is 501 g/mol. The molecule has 0 spiro atoms. The molecule has 1 aromatic heterocycles. The average Bonchev–Trinajstić information content (AvgIpc) is 3.12. The van der Waals surface area contributed by atoms with Gasteiger partial charge in [-0.3, -0.25) is 24.2 Å². The minimum Gasteiger partial charge on any atom is -0.315 e. The molecule has 0 unspecified atom stereocenters. The van der Waals surface area contributed by atoms with Crippen LogP contribution in [0.4, 0.5) is 14.5 Å². The van der Waals surface area contributed by atoms with Crippen molar-refractivity contribution in [3.8, 4) is 0 Å². The van der Waals surface area contributed by atoms with Crippen molar-refractivity contribution in [2.24, 2.45) is 5.92 Å². The minimum absolute atomic E-state index is 0.0164. The number of nitrogens with one attached hydrogen (secondary N) is 1. The van der Waals surface area contributed by atoms with Gasteiger partial charge in [-0.1, -0.05) is 11.6 Å². The van der Waals surface area contributed by atoms with E-state index in [0.717, 1.165) is 42.3 Å². The quantitative estimate of drug-likeness (QED) is 0.495. The predicted molar refractivity (Wildman–Crippen MR) is 130 cm³/mol. The molecule has 4 rings (SSSR count). The molecule has 3 aromatic rings. The van der Waals surface area contributed by atoms with Crippen molar-refractivity contribution in [2.75, 3.05) is 11.9 Å². The number of ketones is 1. The molecular formula is C26H26ClF2N3O3. The Bertz CT molecular complexity index is 1280. The maximum absolute atomic E-state index is 13.8. The number of benzene rings is 2. The summed E-state index contributed by atoms with van der Waals surface area (Å²) in [7, 11) is 1.58. The Labute approximate surface area is 206 Å². The molecule has 0 fully saturated rings. The second-order valence-corrected chi connectivity index (χ2v) is 9.39. The predicted octanol–water partition coefficient (Wildman–Crippen LogP) is 4.47. The Morgan fingerprint density at radius 3 is 2.43 bits per heavy atom. The molecule has 1 amide bonds. The molecule has 1 aliphatic carbocycles. The van der Waals surface area contributed by atoms with Crippen molar-refractivity contribution >= 4 is 29.0 Å². The fourth-order valence-electron chi connectivity index (χ4n) is 4.67. The van der Waals surface area contributed by atoms with Gasteiger partial charge in [0.2, 0.25) is 5.91 Å². The maximum atomic E-state index is 13.8. The van der Waals surface area contributed by atoms with Crippen LogP contribution in [-0.4, -0.2) is 28.5 Å². The van der Waals surface area contributed by atoms with E-state index in [1.54, 1.807) is 36.0 Å². The number of carbonyl (C=O) groups excluding carboxylic acids is 2. The summed E-state index contributed by atoms with van der Waals surface area (Å²) in [5, 5.41) is 3.25. The zero-order valence-electron chi connectivity index (χ0n) is 19.3. The van der Waals surface area contributed by atoms with E-state index in [4.69, 9.17) is 11.6 Å². The van der Waals surface area contributed by atoms with Gasteiger partial charge < -0.3 is 4.90 Å². The van der Waals surface area contributed by atoms with Gasteiger partial charge in [-0.2, -0.15) is 0 Å². The van der Waals surface area contributed by atoms with Crippen LogP contribution in [0.5, 0.6) is 0 Å². The van der Waals surface area contributed by atoms with Crippen molar-refractivity contribution in [1.82, 2.24) is 9.78 Å². The number of fused-ring (bicyclic) bond motifs is 1. The molecule has 1 atom stereocenters. The van der Waals surface area contributed by atoms with E-state index in [9.17, 15) is 23.2 Å². The van der Waals surface area contributed by atoms with Crippen molar-refractivity contribution in [3.63, 3.8) is 0 Å². The van der Waals surface area contributed by atoms with Crippen LogP contribution in [0.3, 0.4) is 0 Å². The van der Waals surface area contributed by atoms with E-state index in [1.165, 1.54) is 4.90 Å². The van der Waals surface area contributed by atoms with Crippen LogP contribution in [0.1, 0.15) is 36.1 Å². The zero-order chi connectivity index (χ0) is 25.1. The van der Waals surface area contributed by atoms with E-state index < -0.39 is 17.6 Å². The molecule has 1 N–H and O–H groups in total. The van der Waals surface area contributed by atoms with E-state index in [2.05, 4.69) is 5.10 Å². The molecule has 0 saturated heterocycles. The summed E-state index contributed by atoms with van der Waals surface area (Å²) >= 11 is 5.95. The molecule has 184 valence electrons. The number of carbonyl (C=O) groups is 2. The maximum Gasteiger partial charge on any atom is 0.267 e. The molecule has 1 heterocycles. The fourth-order valence-corrected chi connectivity index (χ4v) is 4.79. The third-order valence-electron chi connectivity index (χ3n) is 6.38. The van der Waals surface area contributed by atoms with Gasteiger partial charge >= 0.3 is 0 Å². The van der Waals surface area contributed by atoms with Gasteiger partial charge in [-0.25, -0.2) is 8.78 Å². The molecule has 0 aliphatic heterocycles. The van der Waals surface area contributed by atoms with Gasteiger partial charge in [0.05, 0.1) is 6.54 Å². The molecule has 0 bridgehead atoms. The Morgan fingerprint density at radius 2 is 1.74 bits per heavy atom. The number of H-pyrrole nitrogens is 1. The van der Waals surface area contributed by atoms with Gasteiger partial charge in [0, 0.05) is 47.4 Å². The van der Waals surface area contributed by atoms with Gasteiger partial charge in [0.25, 0.3) is 5.56 Å². The van der Waals surface area contributed by atoms with Crippen LogP contribution >= 0.6 is 11.6 Å². The summed E-state index contributed by atoms with van der Waals surface area (Å²) < 4.78 is 29.2. The van der Waals surface area contributed by atoms with E-state index in [-0.39, 0.29) is 42.2 Å². The first-order valence-electron chi connectivity index (χ1n) is 11.5. The number of aromatic amines is 1. The highest BCUT2D eigenvalue weighted by Crippen LogP contribution is 2.24. The van der Waals surface area contributed by atoms with Crippen LogP contribution in [-0.2, 0) is 35.4 Å². The second-order valence-electron chi connectivity index (χ2n) is 8.95. The van der Waals surface area contributed by atoms with Crippen molar-refractivity contribution < 1.29 is 18.4 Å². The lowest BCUT2D eigenvalue weighted by Crippen LogP contribution is -2.36. The molecule has 2 aromatic carbocycles. The molecule has 1 aliphatic rings. The molecule has 0 radical (unpaired) electrons. The zero-order valence-corrected chi connectivity index (χ0v) is 20.1. The van der Waals surface area contributed by atoms with E-state index in [0.29, 0.717) is 23.6 Å². The van der Waals surface area contributed by atoms with Crippen LogP contribution in [0.25, 0.3) is 0 Å². The summed E-state index contributed by atoms with van der Waals surface area (Å²) in [6.45, 7) is -0.0729. The summed E-state index contributed by atoms with van der Waals surface area (Å²) in [5.41, 5.74) is 2.23. The van der Waals surface area contributed by atoms with Gasteiger partial charge in [0.15, 0.2) is 5.78 Å². The first kappa shape index (κ1) is 24.9. The number of hydrogen-bond donors (Lipinski definition) is 1. The van der Waals surface area contributed by atoms with Crippen molar-refractivity contribution in [2.45, 2.75) is 45.1 Å². The first-order valence-corrected chi connectivity index (χ1v) is 11.9. The lowest BCUT2D eigenvalue weighted by Gasteiger charge is -2.24. The smallest absolute Gasteiger partial charge is 0.267 e. The number of halogens is 3. The summed E-state index contributed by atoms with van der Waals surface area (Å²) in [6.07, 6.45) is 3.11. The number of nitrogens with zero attached hydrogens (tertiary/aromatic N) is 2. The lowest BCUT2D eigenvalue weighted by molar-refractivity contribution is -0.127. The van der Waals surface area contributed by atoms with Crippen LogP contribution in [0.2, 0.25) is 5.02 Å². The molecule has 0 saturated carbocycles. The average molecular weight is 502 g/mol. The van der Waals surface area contributed by atoms with Crippen LogP contribution in [0, 0.1) is 17.6 Å². The van der Waals surface area contributed by atoms with Gasteiger partial charge in [0.1, 0.15) is 11.6 Å². The Hall–Kier alpha value is -3.26. The van der Waals surface area contributed by atoms with E-state index >= 15 is 0 Å². The molecule has 35 heavy (non-hydrogen) atoms. The highest BCUT2D eigenvalue weighted by Gasteiger charge is 2.28. The largest absolute Gasteiger partial charge is 0.315 e. The highest BCUT2D eigenvalue weighted by atomic mass is 35.5. The molecular weight excluding hydrogens is 476 g/mol. The second kappa shape index (κ2) is 10.6. The Kier molecular flexibility index (Phi) is 7.50. The summed E-state index contributed by atoms with van der Waals surface area (Å²) in [4.78, 5) is 40.1. The number of hydrogen-bond acceptors (Lipinski definition) is 3. The van der Waals surface area contributed by atoms with Gasteiger partial charge in [-0.05, 0) is 74.1 Å². The Balaban J connectivity index is 1.57. The molecule has 6 nitrogen and oxygen atoms in total. The number of aromatic nitrogens is 2. The summed E-state index contributed by atoms with van der Waals surface area (Å²) in [6, 6.07) is 9.74. The number of Topliss-reactive ketones (excluding diaryl/α,β-unsaturated/α-hetero) is 1. The van der Waals surface area contributed by atoms with Crippen LogP contribution in [0.15, 0.2) is 47.3 Å². The third-order valence-corrected chi connectivity index (χ3v) is 6.63. The molecule has 9 heteroatoms. The normalized spacial score (nSPS) is 13.8. The van der Waals surface area contributed by atoms with Crippen LogP contribution < -0.4 is 10.5 Å². The topological polar surface area (TPSA) is 75.2 Å². The standard InChI is InChI=1S/C26H26ClF2N3O3/c1-31(21-8-6-18(27)7-9-21)26(35)17(10-16-11-19(28)14-20(29)12-16)13-22(33)15-32-24-5-3-2-4-23(24)25(34)30-32/h6-9,11-12,14,17H,2-5,10,13,15H2,1H3,(H,30,34)/t17-/m1/s1. The summed E-state index contributed by atoms with van der Waals surface area (Å²) in [5.74, 6) is -2.99. The fraction of sp³-hybridized carbons (Fsp3) is 0.346. The number of amides is 1. The lowest BCUT2D eigenvalue weighted by atomic mass is 9.92. The minimum atomic E-state index is -0.859. The first-order chi connectivity index (χ1) is 16.7. The third kappa shape index (κ3) is 5.88.